The molecule has 0 aliphatic carbocycles. The molecule has 0 bridgehead atoms. The quantitative estimate of drug-likeness (QED) is 0.833. The van der Waals surface area contributed by atoms with E-state index in [2.05, 4.69) is 11.8 Å². The van der Waals surface area contributed by atoms with Gasteiger partial charge in [0, 0.05) is 5.02 Å². The van der Waals surface area contributed by atoms with Crippen LogP contribution < -0.4 is 4.72 Å². The van der Waals surface area contributed by atoms with Crippen LogP contribution >= 0.6 is 11.6 Å². The number of hydrogen-bond donors (Lipinski definition) is 2. The fourth-order valence-corrected chi connectivity index (χ4v) is 1.79. The van der Waals surface area contributed by atoms with Crippen molar-refractivity contribution in [2.24, 2.45) is 0 Å². The van der Waals surface area contributed by atoms with E-state index in [1.165, 1.54) is 18.2 Å². The highest BCUT2D eigenvalue weighted by Crippen LogP contribution is 2.22. The summed E-state index contributed by atoms with van der Waals surface area (Å²) in [6, 6.07) is 3.84. The van der Waals surface area contributed by atoms with E-state index in [4.69, 9.17) is 16.7 Å². The number of sulfonamides is 1. The van der Waals surface area contributed by atoms with Crippen LogP contribution in [0.1, 0.15) is 5.56 Å². The number of benzene rings is 1. The van der Waals surface area contributed by atoms with Gasteiger partial charge in [0.15, 0.2) is 0 Å². The van der Waals surface area contributed by atoms with Gasteiger partial charge in [-0.2, -0.15) is 8.78 Å². The van der Waals surface area contributed by atoms with Crippen molar-refractivity contribution in [2.45, 2.75) is 5.76 Å². The van der Waals surface area contributed by atoms with Crippen LogP contribution in [-0.4, -0.2) is 25.9 Å². The molecule has 18 heavy (non-hydrogen) atoms. The smallest absolute Gasteiger partial charge is 0.355 e. The molecule has 0 aliphatic rings. The largest absolute Gasteiger partial charge is 0.384 e. The molecule has 0 aliphatic heterocycles. The fraction of sp³-hybridized carbons (Fsp3) is 0.200. The lowest BCUT2D eigenvalue weighted by Gasteiger charge is -2.09. The van der Waals surface area contributed by atoms with Gasteiger partial charge in [-0.3, -0.25) is 4.72 Å². The summed E-state index contributed by atoms with van der Waals surface area (Å²) in [5.41, 5.74) is -0.0265. The van der Waals surface area contributed by atoms with E-state index in [-0.39, 0.29) is 16.3 Å². The molecule has 0 unspecified atom stereocenters. The van der Waals surface area contributed by atoms with E-state index in [0.717, 1.165) is 0 Å². The molecule has 1 aromatic rings. The summed E-state index contributed by atoms with van der Waals surface area (Å²) < 4.78 is 48.2. The maximum Gasteiger partial charge on any atom is 0.355 e. The Morgan fingerprint density at radius 2 is 2.11 bits per heavy atom. The Morgan fingerprint density at radius 3 is 2.67 bits per heavy atom. The van der Waals surface area contributed by atoms with Crippen LogP contribution in [0.15, 0.2) is 18.2 Å². The van der Waals surface area contributed by atoms with Crippen LogP contribution in [0.2, 0.25) is 5.02 Å². The lowest BCUT2D eigenvalue weighted by molar-refractivity contribution is 0.236. The van der Waals surface area contributed by atoms with Crippen molar-refractivity contribution >= 4 is 27.3 Å². The number of aliphatic hydroxyl groups is 1. The van der Waals surface area contributed by atoms with Gasteiger partial charge in [0.05, 0.1) is 11.3 Å². The normalized spacial score (nSPS) is 10.9. The predicted molar refractivity (Wildman–Crippen MR) is 64.0 cm³/mol. The van der Waals surface area contributed by atoms with Crippen molar-refractivity contribution in [3.8, 4) is 11.8 Å². The lowest BCUT2D eigenvalue weighted by Crippen LogP contribution is -2.21. The second-order valence-corrected chi connectivity index (χ2v) is 5.14. The fourth-order valence-electron chi connectivity index (χ4n) is 1.04. The first kappa shape index (κ1) is 14.7. The third kappa shape index (κ3) is 3.84. The third-order valence-corrected chi connectivity index (χ3v) is 2.98. The molecule has 0 spiro atoms. The van der Waals surface area contributed by atoms with Crippen molar-refractivity contribution in [1.82, 2.24) is 0 Å². The van der Waals surface area contributed by atoms with Crippen LogP contribution in [0.3, 0.4) is 0 Å². The molecule has 0 saturated heterocycles. The summed E-state index contributed by atoms with van der Waals surface area (Å²) in [7, 11) is -4.77. The summed E-state index contributed by atoms with van der Waals surface area (Å²) >= 11 is 5.67. The zero-order valence-electron chi connectivity index (χ0n) is 8.82. The highest BCUT2D eigenvalue weighted by Gasteiger charge is 2.24. The van der Waals surface area contributed by atoms with Gasteiger partial charge in [0.1, 0.15) is 6.61 Å². The van der Waals surface area contributed by atoms with Crippen LogP contribution in [-0.2, 0) is 10.0 Å². The maximum atomic E-state index is 12.2. The minimum Gasteiger partial charge on any atom is -0.384 e. The average Bonchev–Trinajstić information content (AvgIpc) is 2.29. The first-order valence-electron chi connectivity index (χ1n) is 4.56. The molecule has 0 amide bonds. The summed E-state index contributed by atoms with van der Waals surface area (Å²) in [6.07, 6.45) is 0. The zero-order chi connectivity index (χ0) is 13.8. The van der Waals surface area contributed by atoms with E-state index in [1.54, 1.807) is 4.72 Å². The molecule has 0 aromatic heterocycles. The molecule has 98 valence electrons. The van der Waals surface area contributed by atoms with Crippen molar-refractivity contribution in [1.29, 1.82) is 0 Å². The second-order valence-electron chi connectivity index (χ2n) is 3.06. The Balaban J connectivity index is 3.17. The first-order chi connectivity index (χ1) is 8.36. The van der Waals surface area contributed by atoms with Gasteiger partial charge in [-0.25, -0.2) is 8.42 Å². The second kappa shape index (κ2) is 6.00. The highest BCUT2D eigenvalue weighted by atomic mass is 35.5. The molecule has 0 saturated carbocycles. The molecule has 0 atom stereocenters. The van der Waals surface area contributed by atoms with Crippen LogP contribution in [0.4, 0.5) is 14.5 Å². The average molecular weight is 296 g/mol. The zero-order valence-corrected chi connectivity index (χ0v) is 10.4. The number of halogens is 3. The third-order valence-electron chi connectivity index (χ3n) is 1.77. The number of anilines is 1. The Kier molecular flexibility index (Phi) is 4.90. The van der Waals surface area contributed by atoms with Crippen LogP contribution in [0.5, 0.6) is 0 Å². The Hall–Kier alpha value is -1.36. The van der Waals surface area contributed by atoms with E-state index in [0.29, 0.717) is 0 Å². The molecule has 0 fully saturated rings. The molecule has 2 N–H and O–H groups in total. The Morgan fingerprint density at radius 1 is 1.44 bits per heavy atom. The number of rotatable bonds is 3. The molecular formula is C10H8ClF2NO3S. The molecule has 1 aromatic carbocycles. The standard InChI is InChI=1S/C10H8ClF2NO3S/c11-8-3-4-9(7(6-8)2-1-5-15)14-18(16,17)10(12)13/h3-4,6,10,14-15H,5H2. The van der Waals surface area contributed by atoms with Gasteiger partial charge < -0.3 is 5.11 Å². The predicted octanol–water partition coefficient (Wildman–Crippen LogP) is 1.65. The summed E-state index contributed by atoms with van der Waals surface area (Å²) in [6.45, 7) is -0.451. The Bertz CT molecular complexity index is 593. The number of nitrogens with one attached hydrogen (secondary N) is 1. The first-order valence-corrected chi connectivity index (χ1v) is 6.48. The van der Waals surface area contributed by atoms with Gasteiger partial charge in [-0.15, -0.1) is 0 Å². The van der Waals surface area contributed by atoms with Gasteiger partial charge in [-0.05, 0) is 18.2 Å². The van der Waals surface area contributed by atoms with E-state index in [1.807, 2.05) is 0 Å². The Labute approximate surface area is 108 Å². The molecule has 4 nitrogen and oxygen atoms in total. The molecule has 1 rings (SSSR count). The van der Waals surface area contributed by atoms with Crippen molar-refractivity contribution in [3.05, 3.63) is 28.8 Å². The minimum atomic E-state index is -4.77. The number of aliphatic hydroxyl groups excluding tert-OH is 1. The van der Waals surface area contributed by atoms with Gasteiger partial charge >= 0.3 is 5.76 Å². The van der Waals surface area contributed by atoms with Crippen LogP contribution in [0.25, 0.3) is 0 Å². The summed E-state index contributed by atoms with van der Waals surface area (Å²) in [5.74, 6) is 1.13. The van der Waals surface area contributed by atoms with Crippen molar-refractivity contribution in [2.75, 3.05) is 11.3 Å². The van der Waals surface area contributed by atoms with E-state index < -0.39 is 22.4 Å². The van der Waals surface area contributed by atoms with Gasteiger partial charge in [-0.1, -0.05) is 23.4 Å². The van der Waals surface area contributed by atoms with Gasteiger partial charge in [0.2, 0.25) is 0 Å². The molecule has 8 heteroatoms. The monoisotopic (exact) mass is 295 g/mol. The minimum absolute atomic E-state index is 0.0979. The lowest BCUT2D eigenvalue weighted by atomic mass is 10.2. The highest BCUT2D eigenvalue weighted by molar-refractivity contribution is 7.93. The van der Waals surface area contributed by atoms with Crippen LogP contribution in [0, 0.1) is 11.8 Å². The summed E-state index contributed by atoms with van der Waals surface area (Å²) in [4.78, 5) is 0. The molecule has 0 heterocycles. The van der Waals surface area contributed by atoms with Gasteiger partial charge in [0.25, 0.3) is 10.0 Å². The topological polar surface area (TPSA) is 66.4 Å². The summed E-state index contributed by atoms with van der Waals surface area (Å²) in [5, 5.41) is 8.80. The maximum absolute atomic E-state index is 12.2. The SMILES string of the molecule is O=S(=O)(Nc1ccc(Cl)cc1C#CCO)C(F)F. The van der Waals surface area contributed by atoms with Crippen molar-refractivity contribution in [3.63, 3.8) is 0 Å². The van der Waals surface area contributed by atoms with Crippen molar-refractivity contribution < 1.29 is 22.3 Å². The van der Waals surface area contributed by atoms with E-state index >= 15 is 0 Å². The molecular weight excluding hydrogens is 288 g/mol. The molecule has 0 radical (unpaired) electrons. The number of alkyl halides is 2. The van der Waals surface area contributed by atoms with E-state index in [9.17, 15) is 17.2 Å². The number of hydrogen-bond acceptors (Lipinski definition) is 3.